The minimum absolute atomic E-state index is 0.206. The Morgan fingerprint density at radius 3 is 2.62 bits per heavy atom. The molecule has 2 heterocycles. The van der Waals surface area contributed by atoms with Gasteiger partial charge in [0.1, 0.15) is 36.1 Å². The first-order valence-electron chi connectivity index (χ1n) is 14.5. The molecule has 0 spiro atoms. The van der Waals surface area contributed by atoms with Crippen molar-refractivity contribution in [1.29, 1.82) is 5.26 Å². The molecule has 1 aliphatic heterocycles. The second-order valence-electron chi connectivity index (χ2n) is 11.3. The summed E-state index contributed by atoms with van der Waals surface area (Å²) in [4.78, 5) is 6.61. The zero-order valence-corrected chi connectivity index (χ0v) is 24.4. The molecule has 4 aromatic rings. The summed E-state index contributed by atoms with van der Waals surface area (Å²) in [5, 5.41) is 9.81. The van der Waals surface area contributed by atoms with E-state index in [0.717, 1.165) is 66.2 Å². The standard InChI is InChI=1S/C35H33ClFN3O2/c1-23-11-13-40(14-12-23)21-26-16-31(36)35(17-34(26)41-22-25-15-24(18-38)19-39-20-25)42-33-10-9-28-27(6-4-7-30(28)33)29-5-2-3-8-32(29)37/h2-8,15-17,19-20,23,33H,9-14,21-22H2,1H3/t33-/m0/s1. The highest BCUT2D eigenvalue weighted by molar-refractivity contribution is 6.32. The first-order valence-corrected chi connectivity index (χ1v) is 14.9. The molecule has 0 amide bonds. The van der Waals surface area contributed by atoms with Crippen molar-refractivity contribution in [2.75, 3.05) is 13.1 Å². The Kier molecular flexibility index (Phi) is 8.41. The molecule has 42 heavy (non-hydrogen) atoms. The van der Waals surface area contributed by atoms with Gasteiger partial charge in [-0.2, -0.15) is 5.26 Å². The molecule has 1 aromatic heterocycles. The van der Waals surface area contributed by atoms with Crippen molar-refractivity contribution in [2.24, 2.45) is 5.92 Å². The van der Waals surface area contributed by atoms with Gasteiger partial charge in [-0.1, -0.05) is 54.9 Å². The number of fused-ring (bicyclic) bond motifs is 1. The van der Waals surface area contributed by atoms with E-state index in [1.807, 2.05) is 36.4 Å². The fourth-order valence-electron chi connectivity index (χ4n) is 6.00. The van der Waals surface area contributed by atoms with Gasteiger partial charge in [-0.3, -0.25) is 9.88 Å². The predicted molar refractivity (Wildman–Crippen MR) is 162 cm³/mol. The molecule has 0 unspecified atom stereocenters. The number of likely N-dealkylation sites (tertiary alicyclic amines) is 1. The third kappa shape index (κ3) is 6.13. The quantitative estimate of drug-likeness (QED) is 0.209. The van der Waals surface area contributed by atoms with Crippen LogP contribution in [0.4, 0.5) is 4.39 Å². The Hall–Kier alpha value is -3.92. The Morgan fingerprint density at radius 1 is 1.00 bits per heavy atom. The van der Waals surface area contributed by atoms with Gasteiger partial charge in [0.25, 0.3) is 0 Å². The molecule has 214 valence electrons. The summed E-state index contributed by atoms with van der Waals surface area (Å²) < 4.78 is 27.6. The largest absolute Gasteiger partial charge is 0.488 e. The van der Waals surface area contributed by atoms with Crippen molar-refractivity contribution >= 4 is 11.6 Å². The number of ether oxygens (including phenoxy) is 2. The SMILES string of the molecule is CC1CCN(Cc2cc(Cl)c(O[C@H]3CCc4c(-c5ccccc5F)cccc43)cc2OCc2cncc(C#N)c2)CC1. The van der Waals surface area contributed by atoms with Crippen molar-refractivity contribution in [3.05, 3.63) is 112 Å². The summed E-state index contributed by atoms with van der Waals surface area (Å²) in [5.41, 5.74) is 5.99. The van der Waals surface area contributed by atoms with Crippen LogP contribution < -0.4 is 9.47 Å². The average molecular weight is 582 g/mol. The predicted octanol–water partition coefficient (Wildman–Crippen LogP) is 8.29. The molecule has 1 fully saturated rings. The Balaban J connectivity index is 1.28. The first kappa shape index (κ1) is 28.2. The third-order valence-electron chi connectivity index (χ3n) is 8.35. The number of hydrogen-bond donors (Lipinski definition) is 0. The molecule has 1 saturated heterocycles. The maximum Gasteiger partial charge on any atom is 0.142 e. The topological polar surface area (TPSA) is 58.4 Å². The lowest BCUT2D eigenvalue weighted by Crippen LogP contribution is -2.32. The van der Waals surface area contributed by atoms with Crippen molar-refractivity contribution in [3.8, 4) is 28.7 Å². The van der Waals surface area contributed by atoms with Gasteiger partial charge < -0.3 is 9.47 Å². The normalized spacial score (nSPS) is 17.0. The average Bonchev–Trinajstić information content (AvgIpc) is 3.42. The molecule has 2 aliphatic rings. The summed E-state index contributed by atoms with van der Waals surface area (Å²) in [5.74, 6) is 1.77. The molecular weight excluding hydrogens is 549 g/mol. The molecule has 0 bridgehead atoms. The molecule has 3 aromatic carbocycles. The lowest BCUT2D eigenvalue weighted by atomic mass is 9.96. The van der Waals surface area contributed by atoms with Gasteiger partial charge >= 0.3 is 0 Å². The van der Waals surface area contributed by atoms with Gasteiger partial charge in [-0.05, 0) is 79.6 Å². The first-order chi connectivity index (χ1) is 20.5. The van der Waals surface area contributed by atoms with Crippen molar-refractivity contribution in [2.45, 2.75) is 51.9 Å². The number of aromatic nitrogens is 1. The van der Waals surface area contributed by atoms with Gasteiger partial charge in [0.2, 0.25) is 0 Å². The van der Waals surface area contributed by atoms with E-state index in [2.05, 4.69) is 28.9 Å². The highest BCUT2D eigenvalue weighted by atomic mass is 35.5. The van der Waals surface area contributed by atoms with Crippen LogP contribution in [0.25, 0.3) is 11.1 Å². The number of halogens is 2. The smallest absolute Gasteiger partial charge is 0.142 e. The monoisotopic (exact) mass is 581 g/mol. The van der Waals surface area contributed by atoms with E-state index >= 15 is 0 Å². The van der Waals surface area contributed by atoms with Crippen LogP contribution in [0.1, 0.15) is 60.1 Å². The van der Waals surface area contributed by atoms with Crippen LogP contribution >= 0.6 is 11.6 Å². The van der Waals surface area contributed by atoms with Gasteiger partial charge in [0.05, 0.1) is 10.6 Å². The van der Waals surface area contributed by atoms with Gasteiger partial charge in [-0.15, -0.1) is 0 Å². The van der Waals surface area contributed by atoms with Gasteiger partial charge in [0.15, 0.2) is 0 Å². The van der Waals surface area contributed by atoms with Crippen LogP contribution in [-0.4, -0.2) is 23.0 Å². The highest BCUT2D eigenvalue weighted by Crippen LogP contribution is 2.43. The molecule has 0 radical (unpaired) electrons. The van der Waals surface area contributed by atoms with E-state index in [9.17, 15) is 9.65 Å². The number of nitriles is 1. The van der Waals surface area contributed by atoms with E-state index in [1.54, 1.807) is 18.3 Å². The van der Waals surface area contributed by atoms with Crippen LogP contribution in [0.15, 0.2) is 73.1 Å². The van der Waals surface area contributed by atoms with E-state index < -0.39 is 0 Å². The maximum atomic E-state index is 14.7. The minimum atomic E-state index is -0.227. The zero-order valence-electron chi connectivity index (χ0n) is 23.7. The molecule has 0 N–H and O–H groups in total. The van der Waals surface area contributed by atoms with Crippen LogP contribution in [0.3, 0.4) is 0 Å². The Morgan fingerprint density at radius 2 is 1.81 bits per heavy atom. The third-order valence-corrected chi connectivity index (χ3v) is 8.65. The fraction of sp³-hybridized carbons (Fsp3) is 0.314. The van der Waals surface area contributed by atoms with E-state index in [0.29, 0.717) is 27.6 Å². The number of pyridine rings is 1. The van der Waals surface area contributed by atoms with Gasteiger partial charge in [-0.25, -0.2) is 4.39 Å². The molecule has 1 aliphatic carbocycles. The van der Waals surface area contributed by atoms with Crippen LogP contribution in [0, 0.1) is 23.1 Å². The number of piperidine rings is 1. The summed E-state index contributed by atoms with van der Waals surface area (Å²) >= 11 is 6.86. The second-order valence-corrected chi connectivity index (χ2v) is 11.7. The van der Waals surface area contributed by atoms with Crippen molar-refractivity contribution in [3.63, 3.8) is 0 Å². The summed E-state index contributed by atoms with van der Waals surface area (Å²) in [6.45, 7) is 5.38. The van der Waals surface area contributed by atoms with Crippen molar-refractivity contribution < 1.29 is 13.9 Å². The van der Waals surface area contributed by atoms with Crippen LogP contribution in [0.2, 0.25) is 5.02 Å². The van der Waals surface area contributed by atoms with Crippen molar-refractivity contribution in [1.82, 2.24) is 9.88 Å². The number of nitrogens with zero attached hydrogens (tertiary/aromatic N) is 3. The lowest BCUT2D eigenvalue weighted by molar-refractivity contribution is 0.181. The molecule has 0 saturated carbocycles. The highest BCUT2D eigenvalue weighted by Gasteiger charge is 2.28. The van der Waals surface area contributed by atoms with E-state index in [-0.39, 0.29) is 18.5 Å². The zero-order chi connectivity index (χ0) is 29.1. The summed E-state index contributed by atoms with van der Waals surface area (Å²) in [7, 11) is 0. The minimum Gasteiger partial charge on any atom is -0.488 e. The number of rotatable bonds is 8. The van der Waals surface area contributed by atoms with Crippen LogP contribution in [-0.2, 0) is 19.6 Å². The molecule has 7 heteroatoms. The summed E-state index contributed by atoms with van der Waals surface area (Å²) in [6.07, 6.45) is 6.96. The number of benzene rings is 3. The molecule has 1 atom stereocenters. The fourth-order valence-corrected chi connectivity index (χ4v) is 6.23. The molecular formula is C35H33ClFN3O2. The van der Waals surface area contributed by atoms with Crippen LogP contribution in [0.5, 0.6) is 11.5 Å². The second kappa shape index (κ2) is 12.5. The Bertz CT molecular complexity index is 1630. The van der Waals surface area contributed by atoms with E-state index in [1.165, 1.54) is 25.1 Å². The van der Waals surface area contributed by atoms with E-state index in [4.69, 9.17) is 21.1 Å². The van der Waals surface area contributed by atoms with Gasteiger partial charge in [0, 0.05) is 41.7 Å². The number of hydrogen-bond acceptors (Lipinski definition) is 5. The molecule has 5 nitrogen and oxygen atoms in total. The maximum absolute atomic E-state index is 14.7. The lowest BCUT2D eigenvalue weighted by Gasteiger charge is -2.31. The Labute approximate surface area is 251 Å². The summed E-state index contributed by atoms with van der Waals surface area (Å²) in [6, 6.07) is 20.7. The molecule has 6 rings (SSSR count).